The Hall–Kier alpha value is -1.96. The molecule has 1 unspecified atom stereocenters. The van der Waals surface area contributed by atoms with E-state index in [1.54, 1.807) is 12.3 Å². The van der Waals surface area contributed by atoms with Crippen LogP contribution in [0.2, 0.25) is 0 Å². The third-order valence-corrected chi connectivity index (χ3v) is 3.45. The van der Waals surface area contributed by atoms with Crippen LogP contribution in [0.25, 0.3) is 0 Å². The summed E-state index contributed by atoms with van der Waals surface area (Å²) in [6, 6.07) is 3.43. The number of aromatic nitrogens is 3. The molecule has 0 amide bonds. The lowest BCUT2D eigenvalue weighted by Gasteiger charge is -2.12. The minimum absolute atomic E-state index is 0.141. The van der Waals surface area contributed by atoms with Gasteiger partial charge < -0.3 is 9.52 Å². The van der Waals surface area contributed by atoms with Gasteiger partial charge in [-0.2, -0.15) is 0 Å². The molecular weight excluding hydrogens is 270 g/mol. The summed E-state index contributed by atoms with van der Waals surface area (Å²) in [5, 5.41) is 15.2. The van der Waals surface area contributed by atoms with Crippen LogP contribution in [-0.2, 0) is 11.2 Å². The highest BCUT2D eigenvalue weighted by atomic mass is 32.2. The molecule has 2 N–H and O–H groups in total. The van der Waals surface area contributed by atoms with Crippen LogP contribution in [0.5, 0.6) is 0 Å². The molecule has 0 aliphatic rings. The van der Waals surface area contributed by atoms with Crippen LogP contribution in [0.3, 0.4) is 0 Å². The van der Waals surface area contributed by atoms with E-state index in [2.05, 4.69) is 10.2 Å². The van der Waals surface area contributed by atoms with Crippen LogP contribution in [0.4, 0.5) is 0 Å². The molecule has 8 heteroatoms. The van der Waals surface area contributed by atoms with Gasteiger partial charge in [0.15, 0.2) is 5.16 Å². The van der Waals surface area contributed by atoms with Crippen LogP contribution in [0.15, 0.2) is 32.8 Å². The molecule has 2 rings (SSSR count). The normalized spacial score (nSPS) is 12.5. The number of carboxylic acids is 1. The van der Waals surface area contributed by atoms with Crippen molar-refractivity contribution in [3.63, 3.8) is 0 Å². The number of carbonyl (C=O) groups is 1. The molecule has 0 saturated heterocycles. The second-order valence-corrected chi connectivity index (χ2v) is 4.94. The van der Waals surface area contributed by atoms with Gasteiger partial charge in [0, 0.05) is 12.5 Å². The van der Waals surface area contributed by atoms with Gasteiger partial charge in [0.05, 0.1) is 12.0 Å². The van der Waals surface area contributed by atoms with E-state index in [1.165, 1.54) is 4.57 Å². The average Bonchev–Trinajstić information content (AvgIpc) is 2.96. The fraction of sp³-hybridized carbons (Fsp3) is 0.364. The fourth-order valence-corrected chi connectivity index (χ4v) is 2.48. The third kappa shape index (κ3) is 3.28. The van der Waals surface area contributed by atoms with Crippen molar-refractivity contribution in [1.29, 1.82) is 0 Å². The summed E-state index contributed by atoms with van der Waals surface area (Å²) >= 11 is 1.01. The lowest BCUT2D eigenvalue weighted by atomic mass is 10.2. The first-order chi connectivity index (χ1) is 9.08. The molecule has 0 aliphatic heterocycles. The lowest BCUT2D eigenvalue weighted by Crippen LogP contribution is -2.22. The maximum Gasteiger partial charge on any atom is 0.344 e. The molecular formula is C11H13N3O4S. The van der Waals surface area contributed by atoms with Crippen molar-refractivity contribution < 1.29 is 14.3 Å². The molecule has 0 aliphatic carbocycles. The molecule has 2 aromatic rings. The predicted molar refractivity (Wildman–Crippen MR) is 68.3 cm³/mol. The van der Waals surface area contributed by atoms with E-state index in [9.17, 15) is 9.59 Å². The Balaban J connectivity index is 2.16. The summed E-state index contributed by atoms with van der Waals surface area (Å²) < 4.78 is 6.67. The number of H-pyrrole nitrogens is 1. The molecule has 2 heterocycles. The summed E-state index contributed by atoms with van der Waals surface area (Å²) in [6.07, 6.45) is 2.10. The minimum atomic E-state index is -0.953. The maximum absolute atomic E-state index is 11.7. The minimum Gasteiger partial charge on any atom is -0.481 e. The Morgan fingerprint density at radius 3 is 3.11 bits per heavy atom. The first kappa shape index (κ1) is 13.5. The number of rotatable bonds is 6. The Morgan fingerprint density at radius 1 is 1.68 bits per heavy atom. The SMILES string of the molecule is CC(Cc1ccco1)n1c(SCC(=O)O)n[nH]c1=O. The standard InChI is InChI=1S/C11H13N3O4S/c1-7(5-8-3-2-4-18-8)14-10(17)12-13-11(14)19-6-9(15)16/h2-4,7H,5-6H2,1H3,(H,12,17)(H,15,16). The average molecular weight is 283 g/mol. The number of carboxylic acid groups (broad SMARTS) is 1. The number of hydrogen-bond donors (Lipinski definition) is 2. The number of aliphatic carboxylic acids is 1. The first-order valence-electron chi connectivity index (χ1n) is 5.62. The summed E-state index contributed by atoms with van der Waals surface area (Å²) in [4.78, 5) is 22.3. The second kappa shape index (κ2) is 5.79. The Morgan fingerprint density at radius 2 is 2.47 bits per heavy atom. The van der Waals surface area contributed by atoms with Gasteiger partial charge in [-0.25, -0.2) is 9.89 Å². The molecule has 0 bridgehead atoms. The molecule has 0 saturated carbocycles. The third-order valence-electron chi connectivity index (χ3n) is 2.51. The number of hydrogen-bond acceptors (Lipinski definition) is 5. The van der Waals surface area contributed by atoms with Crippen LogP contribution >= 0.6 is 11.8 Å². The summed E-state index contributed by atoms with van der Waals surface area (Å²) in [6.45, 7) is 1.85. The molecule has 19 heavy (non-hydrogen) atoms. The molecule has 0 aromatic carbocycles. The van der Waals surface area contributed by atoms with E-state index in [0.717, 1.165) is 17.5 Å². The van der Waals surface area contributed by atoms with Crippen molar-refractivity contribution in [2.24, 2.45) is 0 Å². The van der Waals surface area contributed by atoms with Gasteiger partial charge in [0.1, 0.15) is 5.76 Å². The number of thioether (sulfide) groups is 1. The topological polar surface area (TPSA) is 101 Å². The molecule has 7 nitrogen and oxygen atoms in total. The summed E-state index contributed by atoms with van der Waals surface area (Å²) in [5.41, 5.74) is -0.355. The zero-order valence-electron chi connectivity index (χ0n) is 10.2. The number of aromatic amines is 1. The number of furan rings is 1. The molecule has 1 atom stereocenters. The van der Waals surface area contributed by atoms with Crippen molar-refractivity contribution in [1.82, 2.24) is 14.8 Å². The van der Waals surface area contributed by atoms with Crippen molar-refractivity contribution in [2.45, 2.75) is 24.5 Å². The van der Waals surface area contributed by atoms with Crippen LogP contribution < -0.4 is 5.69 Å². The Labute approximate surface area is 112 Å². The van der Waals surface area contributed by atoms with E-state index in [0.29, 0.717) is 11.6 Å². The number of nitrogens with one attached hydrogen (secondary N) is 1. The quantitative estimate of drug-likeness (QED) is 0.771. The highest BCUT2D eigenvalue weighted by Gasteiger charge is 2.17. The molecule has 2 aromatic heterocycles. The summed E-state index contributed by atoms with van der Waals surface area (Å²) in [5.74, 6) is -0.335. The van der Waals surface area contributed by atoms with Gasteiger partial charge in [-0.1, -0.05) is 11.8 Å². The van der Waals surface area contributed by atoms with Gasteiger partial charge in [0.2, 0.25) is 0 Å². The fourth-order valence-electron chi connectivity index (χ4n) is 1.72. The van der Waals surface area contributed by atoms with Gasteiger partial charge in [-0.3, -0.25) is 9.36 Å². The van der Waals surface area contributed by atoms with E-state index >= 15 is 0 Å². The van der Waals surface area contributed by atoms with Gasteiger partial charge in [-0.15, -0.1) is 5.10 Å². The van der Waals surface area contributed by atoms with Crippen molar-refractivity contribution >= 4 is 17.7 Å². The summed E-state index contributed by atoms with van der Waals surface area (Å²) in [7, 11) is 0. The Kier molecular flexibility index (Phi) is 4.10. The zero-order valence-corrected chi connectivity index (χ0v) is 11.0. The van der Waals surface area contributed by atoms with Crippen LogP contribution in [0.1, 0.15) is 18.7 Å². The molecule has 0 radical (unpaired) electrons. The number of nitrogens with zero attached hydrogens (tertiary/aromatic N) is 2. The van der Waals surface area contributed by atoms with Gasteiger partial charge in [0.25, 0.3) is 0 Å². The smallest absolute Gasteiger partial charge is 0.344 e. The zero-order chi connectivity index (χ0) is 13.8. The van der Waals surface area contributed by atoms with Gasteiger partial charge in [-0.05, 0) is 19.1 Å². The van der Waals surface area contributed by atoms with Crippen molar-refractivity contribution in [3.8, 4) is 0 Å². The van der Waals surface area contributed by atoms with Crippen molar-refractivity contribution in [2.75, 3.05) is 5.75 Å². The predicted octanol–water partition coefficient (Wildman–Crippen LogP) is 1.14. The molecule has 102 valence electrons. The van der Waals surface area contributed by atoms with Crippen LogP contribution in [0, 0.1) is 0 Å². The van der Waals surface area contributed by atoms with E-state index in [4.69, 9.17) is 9.52 Å². The van der Waals surface area contributed by atoms with E-state index in [1.807, 2.05) is 13.0 Å². The first-order valence-corrected chi connectivity index (χ1v) is 6.60. The van der Waals surface area contributed by atoms with Crippen molar-refractivity contribution in [3.05, 3.63) is 34.6 Å². The monoisotopic (exact) mass is 283 g/mol. The van der Waals surface area contributed by atoms with Crippen LogP contribution in [-0.4, -0.2) is 31.6 Å². The highest BCUT2D eigenvalue weighted by molar-refractivity contribution is 7.99. The lowest BCUT2D eigenvalue weighted by molar-refractivity contribution is -0.133. The van der Waals surface area contributed by atoms with E-state index < -0.39 is 5.97 Å². The highest BCUT2D eigenvalue weighted by Crippen LogP contribution is 2.19. The van der Waals surface area contributed by atoms with E-state index in [-0.39, 0.29) is 17.5 Å². The molecule has 0 fully saturated rings. The van der Waals surface area contributed by atoms with Gasteiger partial charge >= 0.3 is 11.7 Å². The maximum atomic E-state index is 11.7. The second-order valence-electron chi connectivity index (χ2n) is 4.00. The Bertz CT molecular complexity index is 602. The largest absolute Gasteiger partial charge is 0.481 e. The molecule has 0 spiro atoms.